The molecule has 396 valence electrons. The van der Waals surface area contributed by atoms with Gasteiger partial charge in [0.1, 0.15) is 0 Å². The van der Waals surface area contributed by atoms with Crippen LogP contribution >= 0.6 is 0 Å². The fraction of sp³-hybridized carbons (Fsp3) is 1.00. The topological polar surface area (TPSA) is 148 Å². The van der Waals surface area contributed by atoms with E-state index in [0.29, 0.717) is 0 Å². The Morgan fingerprint density at radius 3 is 1.65 bits per heavy atom. The first-order valence-corrected chi connectivity index (χ1v) is 64.3. The Morgan fingerprint density at radius 2 is 1.00 bits per heavy atom. The van der Waals surface area contributed by atoms with Gasteiger partial charge >= 0.3 is 55.5 Å². The molecule has 0 saturated carbocycles. The summed E-state index contributed by atoms with van der Waals surface area (Å²) in [5.74, 6) is 0. The highest BCUT2D eigenvalue weighted by Crippen LogP contribution is 2.34. The first-order valence-electron chi connectivity index (χ1n) is 25.5. The summed E-state index contributed by atoms with van der Waals surface area (Å²) in [6.45, 7) is 40.2. The van der Waals surface area contributed by atoms with Crippen molar-refractivity contribution in [3.05, 3.63) is 0 Å². The van der Waals surface area contributed by atoms with Crippen LogP contribution in [0, 0.1) is 0 Å². The maximum absolute atomic E-state index is 7.67. The van der Waals surface area contributed by atoms with E-state index in [1.54, 1.807) is 0 Å². The van der Waals surface area contributed by atoms with Gasteiger partial charge in [-0.15, -0.1) is 0 Å². The molecule has 13 unspecified atom stereocenters. The van der Waals surface area contributed by atoms with Gasteiger partial charge in [0.2, 0.25) is 18.8 Å². The molecule has 34 heteroatoms. The van der Waals surface area contributed by atoms with E-state index < -0.39 is 153 Å². The number of hydrogen-bond acceptors (Lipinski definition) is 16. The zero-order valence-electron chi connectivity index (χ0n) is 45.2. The lowest BCUT2D eigenvalue weighted by Crippen LogP contribution is -2.64. The van der Waals surface area contributed by atoms with E-state index in [2.05, 4.69) is 119 Å². The van der Waals surface area contributed by atoms with Gasteiger partial charge in [0.05, 0.1) is 0 Å². The lowest BCUT2D eigenvalue weighted by Gasteiger charge is -2.44. The van der Waals surface area contributed by atoms with Crippen molar-refractivity contribution >= 4 is 163 Å². The molecule has 4 heterocycles. The molecule has 4 aliphatic heterocycles. The Balaban J connectivity index is 1.62. The minimum absolute atomic E-state index is 0.134. The van der Waals surface area contributed by atoms with Crippen LogP contribution in [0.5, 0.6) is 0 Å². The Labute approximate surface area is 442 Å². The molecule has 0 aliphatic carbocycles. The van der Waals surface area contributed by atoms with Crippen LogP contribution in [-0.4, -0.2) is 182 Å². The minimum atomic E-state index is -3.84. The van der Waals surface area contributed by atoms with Crippen LogP contribution < -0.4 is 0 Å². The molecule has 0 amide bonds. The van der Waals surface area contributed by atoms with Crippen molar-refractivity contribution in [2.45, 2.75) is 216 Å². The minimum Gasteiger partial charge on any atom is -0.442 e. The highest BCUT2D eigenvalue weighted by molar-refractivity contribution is 6.90. The lowest BCUT2D eigenvalue weighted by molar-refractivity contribution is 0.151. The summed E-state index contributed by atoms with van der Waals surface area (Å²) in [6, 6.07) is 9.98. The fourth-order valence-electron chi connectivity index (χ4n) is 8.90. The highest BCUT2D eigenvalue weighted by Gasteiger charge is 2.56. The molecule has 4 aliphatic rings. The first-order chi connectivity index (χ1) is 31.7. The zero-order chi connectivity index (χ0) is 50.5. The van der Waals surface area contributed by atoms with E-state index in [-0.39, 0.29) is 28.1 Å². The molecule has 0 bridgehead atoms. The normalized spacial score (nSPS) is 34.7. The van der Waals surface area contributed by atoms with Crippen molar-refractivity contribution in [2.24, 2.45) is 0 Å². The van der Waals surface area contributed by atoms with E-state index in [9.17, 15) is 0 Å². The second-order valence-electron chi connectivity index (χ2n) is 21.3. The van der Waals surface area contributed by atoms with Crippen molar-refractivity contribution in [1.82, 2.24) is 0 Å². The largest absolute Gasteiger partial charge is 0.636 e. The van der Waals surface area contributed by atoms with E-state index in [1.807, 2.05) is 0 Å². The maximum Gasteiger partial charge on any atom is 0.636 e. The average Bonchev–Trinajstić information content (AvgIpc) is 3.14. The SMILES string of the molecule is CC1C[SiH](C)O[SiH](C)O[Si](CC[Si](C)(C)O[Si](O[Si]CCC[Si]2O[SiH](C)CC(C)O[SiH](C)O2)(O[Si](C)(C)CC[Si]2CC(C)O[SiH](C)O[SiH](C)O2)O[Si](C)(C)CC[Si]2O[SiH](C)C[SiH](C)O[SiH](C)O2)O1. The molecule has 16 nitrogen and oxygen atoms in total. The van der Waals surface area contributed by atoms with Gasteiger partial charge in [-0.2, -0.15) is 0 Å². The van der Waals surface area contributed by atoms with E-state index in [0.717, 1.165) is 78.6 Å². The summed E-state index contributed by atoms with van der Waals surface area (Å²) >= 11 is 0. The Kier molecular flexibility index (Phi) is 28.5. The van der Waals surface area contributed by atoms with E-state index >= 15 is 0 Å². The third-order valence-corrected chi connectivity index (χ3v) is 68.6. The Hall–Kier alpha value is 3.26. The molecule has 0 aromatic carbocycles. The van der Waals surface area contributed by atoms with Gasteiger partial charge < -0.3 is 66.8 Å². The molecule has 6 radical (unpaired) electrons. The van der Waals surface area contributed by atoms with Crippen LogP contribution in [0.1, 0.15) is 27.2 Å². The highest BCUT2D eigenvalue weighted by atomic mass is 28.5. The summed E-state index contributed by atoms with van der Waals surface area (Å²) in [5, 5.41) is 0. The van der Waals surface area contributed by atoms with Crippen molar-refractivity contribution in [3.8, 4) is 0 Å². The predicted molar refractivity (Wildman–Crippen MR) is 312 cm³/mol. The lowest BCUT2D eigenvalue weighted by atomic mass is 10.5. The predicted octanol–water partition coefficient (Wildman–Crippen LogP) is 5.61. The standard InChI is InChI=1S/C34H92O16Si18/c1-32-28-53(5)41-63(45-57(9)35-32)21-19-20-51-38-68(48-65(13,14)25-22-61-30-34(3)36-56(8)43-60(12)44-61,49-66(15,16)26-23-62-37-33(2)29-52(4)39-58(10)46-62)50-67(17,18)27-24-64-42-55(7)31-54(6)40-59(11)47-64/h32-34,52-60H,19-31H2,1-18H3. The number of rotatable bonds is 21. The monoisotopic (exact) mass is 1260 g/mol. The maximum atomic E-state index is 7.67. The van der Waals surface area contributed by atoms with Crippen LogP contribution in [0.25, 0.3) is 0 Å². The number of hydrogen-bond donors (Lipinski definition) is 0. The molecule has 0 spiro atoms. The van der Waals surface area contributed by atoms with Crippen molar-refractivity contribution < 1.29 is 66.8 Å². The summed E-state index contributed by atoms with van der Waals surface area (Å²) < 4.78 is 109. The first kappa shape index (κ1) is 63.8. The van der Waals surface area contributed by atoms with Gasteiger partial charge in [-0.25, -0.2) is 0 Å². The van der Waals surface area contributed by atoms with E-state index in [4.69, 9.17) is 66.8 Å². The van der Waals surface area contributed by atoms with Crippen LogP contribution in [0.15, 0.2) is 0 Å². The Morgan fingerprint density at radius 1 is 0.500 bits per heavy atom. The van der Waals surface area contributed by atoms with Crippen LogP contribution in [0.4, 0.5) is 0 Å². The molecule has 4 fully saturated rings. The molecule has 13 atom stereocenters. The molecule has 0 aromatic rings. The second kappa shape index (κ2) is 30.4. The molecular formula is C34H92O16Si18. The zero-order valence-corrected chi connectivity index (χ0v) is 64.5. The van der Waals surface area contributed by atoms with Gasteiger partial charge in [0, 0.05) is 18.3 Å². The average molecular weight is 1260 g/mol. The molecule has 68 heavy (non-hydrogen) atoms. The van der Waals surface area contributed by atoms with E-state index in [1.165, 1.54) is 0 Å². The van der Waals surface area contributed by atoms with Crippen LogP contribution in [0.3, 0.4) is 0 Å². The second-order valence-corrected chi connectivity index (χ2v) is 68.8. The van der Waals surface area contributed by atoms with Gasteiger partial charge in [-0.3, -0.25) is 0 Å². The van der Waals surface area contributed by atoms with Crippen molar-refractivity contribution in [1.29, 1.82) is 0 Å². The van der Waals surface area contributed by atoms with Crippen LogP contribution in [0.2, 0.25) is 170 Å². The molecular weight excluding hydrogens is 1170 g/mol. The molecule has 0 aromatic heterocycles. The summed E-state index contributed by atoms with van der Waals surface area (Å²) in [5.41, 5.74) is 1.15. The van der Waals surface area contributed by atoms with Crippen molar-refractivity contribution in [2.75, 3.05) is 0 Å². The van der Waals surface area contributed by atoms with Gasteiger partial charge in [0.15, 0.2) is 61.1 Å². The third-order valence-electron chi connectivity index (χ3n) is 11.7. The van der Waals surface area contributed by atoms with Crippen LogP contribution in [-0.2, 0) is 66.8 Å². The summed E-state index contributed by atoms with van der Waals surface area (Å²) in [4.78, 5) is 0. The van der Waals surface area contributed by atoms with Gasteiger partial charge in [0.25, 0.3) is 27.9 Å². The smallest absolute Gasteiger partial charge is 0.442 e. The van der Waals surface area contributed by atoms with Gasteiger partial charge in [-0.1, -0.05) is 6.42 Å². The van der Waals surface area contributed by atoms with Crippen molar-refractivity contribution in [3.63, 3.8) is 0 Å². The molecule has 0 N–H and O–H groups in total. The third kappa shape index (κ3) is 25.6. The summed E-state index contributed by atoms with van der Waals surface area (Å²) in [6.07, 6.45) is 1.42. The molecule has 4 saturated heterocycles. The molecule has 4 rings (SSSR count). The quantitative estimate of drug-likeness (QED) is 0.104. The Bertz CT molecular complexity index is 1270. The summed E-state index contributed by atoms with van der Waals surface area (Å²) in [7, 11) is -31.0. The fourth-order valence-corrected chi connectivity index (χ4v) is 71.6. The van der Waals surface area contributed by atoms with Gasteiger partial charge in [-0.05, 0) is 191 Å².